The zero-order valence-corrected chi connectivity index (χ0v) is 18.6. The van der Waals surface area contributed by atoms with Gasteiger partial charge in [0.2, 0.25) is 21.8 Å². The van der Waals surface area contributed by atoms with E-state index in [-0.39, 0.29) is 12.5 Å². The molecule has 2 aromatic rings. The summed E-state index contributed by atoms with van der Waals surface area (Å²) in [6.45, 7) is 2.19. The van der Waals surface area contributed by atoms with Crippen LogP contribution in [0.5, 0.6) is 0 Å². The lowest BCUT2D eigenvalue weighted by atomic mass is 10.1. The number of anilines is 3. The van der Waals surface area contributed by atoms with Crippen LogP contribution in [-0.2, 0) is 19.6 Å². The SMILES string of the molecule is Cc1ccc(NC(=O)CN(c2ccccc2Br)S(C)(=O)=O)cc1N1CCCC1=O. The molecule has 1 fully saturated rings. The molecule has 1 aliphatic heterocycles. The van der Waals surface area contributed by atoms with Crippen LogP contribution in [0.4, 0.5) is 17.1 Å². The van der Waals surface area contributed by atoms with Crippen molar-refractivity contribution in [2.24, 2.45) is 0 Å². The number of amides is 2. The van der Waals surface area contributed by atoms with Crippen molar-refractivity contribution in [3.05, 3.63) is 52.5 Å². The molecule has 2 aromatic carbocycles. The molecule has 0 bridgehead atoms. The van der Waals surface area contributed by atoms with Gasteiger partial charge < -0.3 is 10.2 Å². The molecule has 0 aromatic heterocycles. The number of carbonyl (C=O) groups excluding carboxylic acids is 2. The Hall–Kier alpha value is -2.39. The molecular formula is C20H22BrN3O4S. The normalized spacial score (nSPS) is 14.2. The third kappa shape index (κ3) is 4.97. The van der Waals surface area contributed by atoms with Crippen molar-refractivity contribution in [2.75, 3.05) is 33.9 Å². The molecule has 0 saturated carbocycles. The first-order valence-corrected chi connectivity index (χ1v) is 11.7. The minimum atomic E-state index is -3.67. The van der Waals surface area contributed by atoms with E-state index < -0.39 is 15.9 Å². The highest BCUT2D eigenvalue weighted by Gasteiger charge is 2.25. The summed E-state index contributed by atoms with van der Waals surface area (Å²) in [5, 5.41) is 2.74. The van der Waals surface area contributed by atoms with Gasteiger partial charge in [0.15, 0.2) is 0 Å². The number of rotatable bonds is 6. The molecule has 2 amide bonds. The number of nitrogens with zero attached hydrogens (tertiary/aromatic N) is 2. The van der Waals surface area contributed by atoms with Gasteiger partial charge in [-0.15, -0.1) is 0 Å². The van der Waals surface area contributed by atoms with Gasteiger partial charge in [-0.1, -0.05) is 18.2 Å². The van der Waals surface area contributed by atoms with Crippen LogP contribution in [0.15, 0.2) is 46.9 Å². The molecule has 1 saturated heterocycles. The Morgan fingerprint density at radius 1 is 1.24 bits per heavy atom. The van der Waals surface area contributed by atoms with E-state index in [0.717, 1.165) is 28.2 Å². The summed E-state index contributed by atoms with van der Waals surface area (Å²) in [6.07, 6.45) is 2.39. The highest BCUT2D eigenvalue weighted by atomic mass is 79.9. The number of carbonyl (C=O) groups is 2. The molecule has 1 N–H and O–H groups in total. The molecule has 29 heavy (non-hydrogen) atoms. The van der Waals surface area contributed by atoms with Crippen molar-refractivity contribution in [2.45, 2.75) is 19.8 Å². The van der Waals surface area contributed by atoms with Crippen LogP contribution >= 0.6 is 15.9 Å². The van der Waals surface area contributed by atoms with Crippen LogP contribution in [0, 0.1) is 6.92 Å². The minimum absolute atomic E-state index is 0.0637. The second-order valence-corrected chi connectivity index (χ2v) is 9.68. The molecular weight excluding hydrogens is 458 g/mol. The van der Waals surface area contributed by atoms with E-state index in [0.29, 0.717) is 28.8 Å². The van der Waals surface area contributed by atoms with Crippen LogP contribution in [0.2, 0.25) is 0 Å². The smallest absolute Gasteiger partial charge is 0.245 e. The number of para-hydroxylation sites is 1. The number of halogens is 1. The van der Waals surface area contributed by atoms with Gasteiger partial charge in [-0.2, -0.15) is 0 Å². The van der Waals surface area contributed by atoms with Crippen molar-refractivity contribution >= 4 is 54.8 Å². The van der Waals surface area contributed by atoms with Crippen LogP contribution in [0.25, 0.3) is 0 Å². The van der Waals surface area contributed by atoms with E-state index in [1.54, 1.807) is 41.3 Å². The lowest BCUT2D eigenvalue weighted by Crippen LogP contribution is -2.37. The first-order valence-electron chi connectivity index (χ1n) is 9.10. The number of hydrogen-bond acceptors (Lipinski definition) is 4. The van der Waals surface area contributed by atoms with E-state index in [9.17, 15) is 18.0 Å². The van der Waals surface area contributed by atoms with Crippen LogP contribution in [-0.4, -0.2) is 39.6 Å². The average molecular weight is 480 g/mol. The van der Waals surface area contributed by atoms with Crippen LogP contribution in [0.1, 0.15) is 18.4 Å². The molecule has 0 aliphatic carbocycles. The van der Waals surface area contributed by atoms with Gasteiger partial charge in [0.05, 0.1) is 11.9 Å². The van der Waals surface area contributed by atoms with Crippen LogP contribution in [0.3, 0.4) is 0 Å². The van der Waals surface area contributed by atoms with E-state index in [4.69, 9.17) is 0 Å². The maximum absolute atomic E-state index is 12.6. The lowest BCUT2D eigenvalue weighted by molar-refractivity contribution is -0.117. The number of aryl methyl sites for hydroxylation is 1. The fourth-order valence-corrected chi connectivity index (χ4v) is 4.73. The molecule has 3 rings (SSSR count). The number of nitrogens with one attached hydrogen (secondary N) is 1. The summed E-state index contributed by atoms with van der Waals surface area (Å²) in [5.74, 6) is -0.414. The zero-order chi connectivity index (χ0) is 21.2. The Balaban J connectivity index is 1.81. The van der Waals surface area contributed by atoms with E-state index in [1.807, 2.05) is 13.0 Å². The van der Waals surface area contributed by atoms with Gasteiger partial charge >= 0.3 is 0 Å². The van der Waals surface area contributed by atoms with E-state index >= 15 is 0 Å². The lowest BCUT2D eigenvalue weighted by Gasteiger charge is -2.23. The van der Waals surface area contributed by atoms with Crippen molar-refractivity contribution < 1.29 is 18.0 Å². The molecule has 9 heteroatoms. The fourth-order valence-electron chi connectivity index (χ4n) is 3.25. The molecule has 1 aliphatic rings. The highest BCUT2D eigenvalue weighted by Crippen LogP contribution is 2.29. The topological polar surface area (TPSA) is 86.8 Å². The summed E-state index contributed by atoms with van der Waals surface area (Å²) >= 11 is 3.33. The Kier molecular flexibility index (Phi) is 6.28. The molecule has 154 valence electrons. The summed E-state index contributed by atoms with van der Waals surface area (Å²) in [5.41, 5.74) is 2.59. The Labute approximate surface area is 178 Å². The van der Waals surface area contributed by atoms with Gasteiger partial charge in [-0.25, -0.2) is 8.42 Å². The first-order chi connectivity index (χ1) is 13.7. The monoisotopic (exact) mass is 479 g/mol. The van der Waals surface area contributed by atoms with Gasteiger partial charge in [-0.05, 0) is 59.1 Å². The predicted molar refractivity (Wildman–Crippen MR) is 118 cm³/mol. The number of hydrogen-bond donors (Lipinski definition) is 1. The third-order valence-electron chi connectivity index (χ3n) is 4.67. The van der Waals surface area contributed by atoms with E-state index in [2.05, 4.69) is 21.2 Å². The predicted octanol–water partition coefficient (Wildman–Crippen LogP) is 3.29. The Morgan fingerprint density at radius 3 is 2.59 bits per heavy atom. The van der Waals surface area contributed by atoms with E-state index in [1.165, 1.54) is 0 Å². The Bertz CT molecular complexity index is 1060. The van der Waals surface area contributed by atoms with Crippen molar-refractivity contribution in [1.82, 2.24) is 0 Å². The largest absolute Gasteiger partial charge is 0.324 e. The molecule has 7 nitrogen and oxygen atoms in total. The summed E-state index contributed by atoms with van der Waals surface area (Å²) in [7, 11) is -3.67. The van der Waals surface area contributed by atoms with Gasteiger partial charge in [-0.3, -0.25) is 13.9 Å². The number of benzene rings is 2. The second-order valence-electron chi connectivity index (χ2n) is 6.92. The fraction of sp³-hybridized carbons (Fsp3) is 0.300. The molecule has 0 radical (unpaired) electrons. The quantitative estimate of drug-likeness (QED) is 0.688. The Morgan fingerprint density at radius 2 is 1.97 bits per heavy atom. The third-order valence-corrected chi connectivity index (χ3v) is 6.46. The summed E-state index contributed by atoms with van der Waals surface area (Å²) in [6, 6.07) is 12.1. The standard InChI is InChI=1S/C20H22BrN3O4S/c1-14-9-10-15(12-18(14)23-11-5-8-20(23)26)22-19(25)13-24(29(2,27)28)17-7-4-3-6-16(17)21/h3-4,6-7,9-10,12H,5,8,11,13H2,1-2H3,(H,22,25). The zero-order valence-electron chi connectivity index (χ0n) is 16.2. The number of sulfonamides is 1. The molecule has 0 unspecified atom stereocenters. The molecule has 0 atom stereocenters. The summed E-state index contributed by atoms with van der Waals surface area (Å²) < 4.78 is 26.1. The minimum Gasteiger partial charge on any atom is -0.324 e. The van der Waals surface area contributed by atoms with Crippen molar-refractivity contribution in [1.29, 1.82) is 0 Å². The van der Waals surface area contributed by atoms with Gasteiger partial charge in [0.25, 0.3) is 0 Å². The second kappa shape index (κ2) is 8.54. The summed E-state index contributed by atoms with van der Waals surface area (Å²) in [4.78, 5) is 26.4. The highest BCUT2D eigenvalue weighted by molar-refractivity contribution is 9.10. The van der Waals surface area contributed by atoms with Gasteiger partial charge in [0.1, 0.15) is 6.54 Å². The average Bonchev–Trinajstić information content (AvgIpc) is 3.07. The van der Waals surface area contributed by atoms with Crippen molar-refractivity contribution in [3.63, 3.8) is 0 Å². The first kappa shape index (κ1) is 21.3. The van der Waals surface area contributed by atoms with Crippen molar-refractivity contribution in [3.8, 4) is 0 Å². The van der Waals surface area contributed by atoms with Crippen LogP contribution < -0.4 is 14.5 Å². The molecule has 1 heterocycles. The maximum Gasteiger partial charge on any atom is 0.245 e. The van der Waals surface area contributed by atoms with Gasteiger partial charge in [0, 0.05) is 28.8 Å². The molecule has 0 spiro atoms. The maximum atomic E-state index is 12.6.